The van der Waals surface area contributed by atoms with Gasteiger partial charge in [-0.15, -0.1) is 0 Å². The van der Waals surface area contributed by atoms with Crippen LogP contribution in [0.1, 0.15) is 51.5 Å². The number of aryl methyl sites for hydroxylation is 1. The van der Waals surface area contributed by atoms with Crippen molar-refractivity contribution in [1.82, 2.24) is 9.97 Å². The summed E-state index contributed by atoms with van der Waals surface area (Å²) in [6.45, 7) is 1.67. The Labute approximate surface area is 195 Å². The first-order valence-electron chi connectivity index (χ1n) is 11.2. The maximum Gasteiger partial charge on any atom is 0.401 e. The second kappa shape index (κ2) is 7.97. The topological polar surface area (TPSA) is 45.8 Å². The fourth-order valence-electron chi connectivity index (χ4n) is 4.92. The Morgan fingerprint density at radius 2 is 1.21 bits per heavy atom. The summed E-state index contributed by atoms with van der Waals surface area (Å²) >= 11 is 0. The quantitative estimate of drug-likeness (QED) is 0.259. The van der Waals surface area contributed by atoms with E-state index in [2.05, 4.69) is 9.97 Å². The van der Waals surface area contributed by atoms with Crippen molar-refractivity contribution in [3.63, 3.8) is 0 Å². The Morgan fingerprint density at radius 3 is 1.56 bits per heavy atom. The lowest BCUT2D eigenvalue weighted by Crippen LogP contribution is -2.37. The summed E-state index contributed by atoms with van der Waals surface area (Å²) in [6, 6.07) is 28.6. The van der Waals surface area contributed by atoms with Crippen molar-refractivity contribution in [1.29, 1.82) is 0 Å². The van der Waals surface area contributed by atoms with E-state index in [0.717, 1.165) is 16.7 Å². The Hall–Kier alpha value is -3.67. The van der Waals surface area contributed by atoms with Crippen molar-refractivity contribution in [2.45, 2.75) is 31.4 Å². The number of halogens is 3. The first kappa shape index (κ1) is 22.1. The van der Waals surface area contributed by atoms with Gasteiger partial charge in [0.1, 0.15) is 16.9 Å². The van der Waals surface area contributed by atoms with Gasteiger partial charge in [-0.05, 0) is 36.5 Å². The molecule has 1 aromatic heterocycles. The molecule has 1 aliphatic rings. The lowest BCUT2D eigenvalue weighted by molar-refractivity contribution is -0.171. The molecule has 0 spiro atoms. The third-order valence-corrected chi connectivity index (χ3v) is 6.76. The van der Waals surface area contributed by atoms with Crippen molar-refractivity contribution in [3.05, 3.63) is 125 Å². The van der Waals surface area contributed by atoms with Gasteiger partial charge in [-0.1, -0.05) is 91.0 Å². The van der Waals surface area contributed by atoms with E-state index in [4.69, 9.17) is 0 Å². The van der Waals surface area contributed by atoms with Crippen molar-refractivity contribution in [2.75, 3.05) is 0 Å². The highest BCUT2D eigenvalue weighted by molar-refractivity contribution is 6.03. The van der Waals surface area contributed by atoms with Crippen LogP contribution in [0, 0.1) is 12.3 Å². The first-order valence-corrected chi connectivity index (χ1v) is 11.2. The SMILES string of the molecule is Cc1nc(C(=O)C2(C(F)(F)F)CC2)c(C(c2ccccc2)(c2ccccc2)c2ccccc2)[nH]1. The summed E-state index contributed by atoms with van der Waals surface area (Å²) < 4.78 is 41.9. The molecule has 3 aromatic carbocycles. The van der Waals surface area contributed by atoms with Gasteiger partial charge >= 0.3 is 6.18 Å². The van der Waals surface area contributed by atoms with Crippen LogP contribution >= 0.6 is 0 Å². The number of ketones is 1. The molecule has 3 nitrogen and oxygen atoms in total. The summed E-state index contributed by atoms with van der Waals surface area (Å²) in [4.78, 5) is 21.1. The zero-order valence-electron chi connectivity index (χ0n) is 18.6. The summed E-state index contributed by atoms with van der Waals surface area (Å²) in [5, 5.41) is 0. The highest BCUT2D eigenvalue weighted by Gasteiger charge is 2.69. The van der Waals surface area contributed by atoms with E-state index in [1.54, 1.807) is 6.92 Å². The number of aromatic nitrogens is 2. The zero-order chi connectivity index (χ0) is 24.0. The van der Waals surface area contributed by atoms with Crippen molar-refractivity contribution in [2.24, 2.45) is 5.41 Å². The molecule has 34 heavy (non-hydrogen) atoms. The maximum atomic E-state index is 14.0. The van der Waals surface area contributed by atoms with Gasteiger partial charge in [0.05, 0.1) is 11.1 Å². The van der Waals surface area contributed by atoms with E-state index in [1.165, 1.54) is 0 Å². The number of Topliss-reactive ketones (excluding diaryl/α,β-unsaturated/α-hetero) is 1. The Balaban J connectivity index is 1.87. The Morgan fingerprint density at radius 1 is 0.794 bits per heavy atom. The number of H-pyrrole nitrogens is 1. The average Bonchev–Trinajstić information content (AvgIpc) is 3.59. The number of rotatable bonds is 6. The molecule has 1 N–H and O–H groups in total. The van der Waals surface area contributed by atoms with Crippen LogP contribution in [0.5, 0.6) is 0 Å². The number of nitrogens with zero attached hydrogens (tertiary/aromatic N) is 1. The monoisotopic (exact) mass is 460 g/mol. The molecule has 0 aliphatic heterocycles. The van der Waals surface area contributed by atoms with Gasteiger partial charge in [-0.2, -0.15) is 13.2 Å². The fourth-order valence-corrected chi connectivity index (χ4v) is 4.92. The molecular formula is C28H23F3N2O. The van der Waals surface area contributed by atoms with E-state index in [-0.39, 0.29) is 18.5 Å². The van der Waals surface area contributed by atoms with Gasteiger partial charge in [0.15, 0.2) is 5.78 Å². The number of imidazole rings is 1. The van der Waals surface area contributed by atoms with Gasteiger partial charge in [0, 0.05) is 0 Å². The second-order valence-corrected chi connectivity index (χ2v) is 8.80. The molecule has 1 fully saturated rings. The van der Waals surface area contributed by atoms with Crippen LogP contribution in [0.25, 0.3) is 0 Å². The third-order valence-electron chi connectivity index (χ3n) is 6.76. The van der Waals surface area contributed by atoms with Gasteiger partial charge in [0.2, 0.25) is 0 Å². The molecule has 172 valence electrons. The number of hydrogen-bond donors (Lipinski definition) is 1. The first-order chi connectivity index (χ1) is 16.3. The molecule has 1 saturated carbocycles. The maximum absolute atomic E-state index is 14.0. The van der Waals surface area contributed by atoms with E-state index >= 15 is 0 Å². The molecule has 0 saturated heterocycles. The van der Waals surface area contributed by atoms with Crippen LogP contribution < -0.4 is 0 Å². The minimum Gasteiger partial charge on any atom is -0.344 e. The van der Waals surface area contributed by atoms with Crippen LogP contribution in [0.15, 0.2) is 91.0 Å². The molecular weight excluding hydrogens is 437 g/mol. The van der Waals surface area contributed by atoms with Gasteiger partial charge in [-0.3, -0.25) is 4.79 Å². The third kappa shape index (κ3) is 3.28. The molecule has 1 heterocycles. The standard InChI is InChI=1S/C28H23F3N2O/c1-19-32-23(25(34)26(17-18-26)28(29,30)31)24(33-19)27(20-11-5-2-6-12-20,21-13-7-3-8-14-21)22-15-9-4-10-16-22/h2-16H,17-18H2,1H3,(H,32,33). The highest BCUT2D eigenvalue weighted by atomic mass is 19.4. The minimum atomic E-state index is -4.62. The highest BCUT2D eigenvalue weighted by Crippen LogP contribution is 2.60. The number of hydrogen-bond acceptors (Lipinski definition) is 2. The Bertz CT molecular complexity index is 1210. The van der Waals surface area contributed by atoms with Crippen LogP contribution in [0.2, 0.25) is 0 Å². The van der Waals surface area contributed by atoms with Gasteiger partial charge < -0.3 is 4.98 Å². The molecule has 0 bridgehead atoms. The molecule has 4 aromatic rings. The number of carbonyl (C=O) groups is 1. The van der Waals surface area contributed by atoms with Crippen LogP contribution in [0.4, 0.5) is 13.2 Å². The molecule has 0 unspecified atom stereocenters. The summed E-state index contributed by atoms with van der Waals surface area (Å²) in [6.07, 6.45) is -5.05. The lowest BCUT2D eigenvalue weighted by Gasteiger charge is -2.36. The number of carbonyl (C=O) groups excluding carboxylic acids is 1. The number of aromatic amines is 1. The van der Waals surface area contributed by atoms with Crippen LogP contribution in [-0.2, 0) is 5.41 Å². The number of nitrogens with one attached hydrogen (secondary N) is 1. The summed E-state index contributed by atoms with van der Waals surface area (Å²) in [5.74, 6) is -0.574. The van der Waals surface area contributed by atoms with Crippen LogP contribution in [-0.4, -0.2) is 21.9 Å². The molecule has 0 amide bonds. The number of benzene rings is 3. The fraction of sp³-hybridized carbons (Fsp3) is 0.214. The van der Waals surface area contributed by atoms with E-state index in [1.807, 2.05) is 91.0 Å². The molecule has 6 heteroatoms. The lowest BCUT2D eigenvalue weighted by atomic mass is 9.66. The van der Waals surface area contributed by atoms with Crippen molar-refractivity contribution in [3.8, 4) is 0 Å². The smallest absolute Gasteiger partial charge is 0.344 e. The normalized spacial score (nSPS) is 15.2. The van der Waals surface area contributed by atoms with Crippen LogP contribution in [0.3, 0.4) is 0 Å². The molecule has 1 aliphatic carbocycles. The van der Waals surface area contributed by atoms with E-state index in [9.17, 15) is 18.0 Å². The largest absolute Gasteiger partial charge is 0.401 e. The predicted molar refractivity (Wildman–Crippen MR) is 124 cm³/mol. The van der Waals surface area contributed by atoms with Gasteiger partial charge in [-0.25, -0.2) is 4.98 Å². The Kier molecular flexibility index (Phi) is 5.19. The zero-order valence-corrected chi connectivity index (χ0v) is 18.6. The van der Waals surface area contributed by atoms with Crippen molar-refractivity contribution >= 4 is 5.78 Å². The van der Waals surface area contributed by atoms with E-state index in [0.29, 0.717) is 11.5 Å². The van der Waals surface area contributed by atoms with Gasteiger partial charge in [0.25, 0.3) is 0 Å². The predicted octanol–water partition coefficient (Wildman–Crippen LogP) is 6.63. The molecule has 0 radical (unpaired) electrons. The van der Waals surface area contributed by atoms with Crippen molar-refractivity contribution < 1.29 is 18.0 Å². The molecule has 0 atom stereocenters. The average molecular weight is 460 g/mol. The summed E-state index contributed by atoms with van der Waals surface area (Å²) in [5.41, 5.74) is -0.763. The second-order valence-electron chi connectivity index (χ2n) is 8.80. The van der Waals surface area contributed by atoms with E-state index < -0.39 is 22.8 Å². The minimum absolute atomic E-state index is 0.149. The molecule has 5 rings (SSSR count). The number of alkyl halides is 3. The summed E-state index contributed by atoms with van der Waals surface area (Å²) in [7, 11) is 0.